The molecule has 0 aromatic carbocycles. The predicted molar refractivity (Wildman–Crippen MR) is 65.7 cm³/mol. The zero-order chi connectivity index (χ0) is 12.1. The van der Waals surface area contributed by atoms with Crippen molar-refractivity contribution < 1.29 is 14.3 Å². The van der Waals surface area contributed by atoms with Gasteiger partial charge in [0, 0.05) is 20.0 Å². The van der Waals surface area contributed by atoms with E-state index in [4.69, 9.17) is 9.47 Å². The third kappa shape index (κ3) is 11.7. The molecule has 0 rings (SSSR count). The number of hydrogen-bond donors (Lipinski definition) is 0. The first-order chi connectivity index (χ1) is 7.81. The van der Waals surface area contributed by atoms with Crippen LogP contribution < -0.4 is 0 Å². The van der Waals surface area contributed by atoms with Gasteiger partial charge >= 0.3 is 0 Å². The Morgan fingerprint density at radius 1 is 0.938 bits per heavy atom. The molecule has 0 aliphatic heterocycles. The van der Waals surface area contributed by atoms with Crippen molar-refractivity contribution in [3.8, 4) is 0 Å². The van der Waals surface area contributed by atoms with E-state index in [9.17, 15) is 4.79 Å². The standard InChI is InChI=1S/C13H26O3/c1-3-4-5-6-7-8-13(14)9-10-16-12-11-15-2/h3-12H2,1-2H3. The number of carbonyl (C=O) groups excluding carboxylic acids is 1. The molecule has 0 N–H and O–H groups in total. The topological polar surface area (TPSA) is 35.5 Å². The van der Waals surface area contributed by atoms with Gasteiger partial charge in [0.05, 0.1) is 19.8 Å². The van der Waals surface area contributed by atoms with E-state index in [1.807, 2.05) is 0 Å². The van der Waals surface area contributed by atoms with Crippen molar-refractivity contribution in [1.82, 2.24) is 0 Å². The molecule has 0 heterocycles. The molecule has 3 heteroatoms. The molecule has 0 spiro atoms. The van der Waals surface area contributed by atoms with Crippen LogP contribution in [0.1, 0.15) is 51.9 Å². The summed E-state index contributed by atoms with van der Waals surface area (Å²) in [6.45, 7) is 3.92. The zero-order valence-corrected chi connectivity index (χ0v) is 10.8. The third-order valence-electron chi connectivity index (χ3n) is 2.52. The van der Waals surface area contributed by atoms with Crippen molar-refractivity contribution in [2.24, 2.45) is 0 Å². The van der Waals surface area contributed by atoms with Crippen LogP contribution in [0.25, 0.3) is 0 Å². The first kappa shape index (κ1) is 15.6. The number of ketones is 1. The molecule has 0 aromatic heterocycles. The van der Waals surface area contributed by atoms with Gasteiger partial charge in [-0.2, -0.15) is 0 Å². The molecule has 0 aliphatic rings. The highest BCUT2D eigenvalue weighted by Gasteiger charge is 2.01. The molecule has 0 aromatic rings. The molecule has 0 saturated heterocycles. The van der Waals surface area contributed by atoms with Gasteiger partial charge in [-0.1, -0.05) is 32.6 Å². The molecular formula is C13H26O3. The second-order valence-corrected chi connectivity index (χ2v) is 4.06. The highest BCUT2D eigenvalue weighted by molar-refractivity contribution is 5.78. The zero-order valence-electron chi connectivity index (χ0n) is 10.8. The van der Waals surface area contributed by atoms with E-state index in [1.165, 1.54) is 25.7 Å². The summed E-state index contributed by atoms with van der Waals surface area (Å²) >= 11 is 0. The summed E-state index contributed by atoms with van der Waals surface area (Å²) in [5, 5.41) is 0. The second kappa shape index (κ2) is 12.7. The van der Waals surface area contributed by atoms with E-state index in [0.29, 0.717) is 32.0 Å². The van der Waals surface area contributed by atoms with E-state index in [1.54, 1.807) is 7.11 Å². The Kier molecular flexibility index (Phi) is 12.3. The van der Waals surface area contributed by atoms with Crippen LogP contribution >= 0.6 is 0 Å². The molecule has 0 bridgehead atoms. The van der Waals surface area contributed by atoms with Gasteiger partial charge < -0.3 is 9.47 Å². The summed E-state index contributed by atoms with van der Waals surface area (Å²) in [6.07, 6.45) is 7.29. The average molecular weight is 230 g/mol. The Morgan fingerprint density at radius 2 is 1.69 bits per heavy atom. The monoisotopic (exact) mass is 230 g/mol. The average Bonchev–Trinajstić information content (AvgIpc) is 2.28. The van der Waals surface area contributed by atoms with Crippen molar-refractivity contribution in [2.75, 3.05) is 26.9 Å². The van der Waals surface area contributed by atoms with Crippen molar-refractivity contribution >= 4 is 5.78 Å². The molecule has 0 fully saturated rings. The molecule has 0 atom stereocenters. The lowest BCUT2D eigenvalue weighted by Crippen LogP contribution is -2.07. The number of ether oxygens (including phenoxy) is 2. The summed E-state index contributed by atoms with van der Waals surface area (Å²) in [7, 11) is 1.64. The highest BCUT2D eigenvalue weighted by atomic mass is 16.5. The van der Waals surface area contributed by atoms with Gasteiger partial charge in [0.25, 0.3) is 0 Å². The summed E-state index contributed by atoms with van der Waals surface area (Å²) < 4.78 is 10.1. The number of rotatable bonds is 12. The van der Waals surface area contributed by atoms with Crippen LogP contribution in [0.2, 0.25) is 0 Å². The Morgan fingerprint density at radius 3 is 2.38 bits per heavy atom. The maximum absolute atomic E-state index is 11.4. The molecule has 0 aliphatic carbocycles. The molecule has 3 nitrogen and oxygen atoms in total. The Hall–Kier alpha value is -0.410. The van der Waals surface area contributed by atoms with Crippen molar-refractivity contribution in [2.45, 2.75) is 51.9 Å². The first-order valence-electron chi connectivity index (χ1n) is 6.39. The van der Waals surface area contributed by atoms with Crippen LogP contribution in [-0.4, -0.2) is 32.7 Å². The van der Waals surface area contributed by atoms with Gasteiger partial charge in [-0.3, -0.25) is 4.79 Å². The number of carbonyl (C=O) groups is 1. The van der Waals surface area contributed by atoms with Gasteiger partial charge in [-0.25, -0.2) is 0 Å². The fraction of sp³-hybridized carbons (Fsp3) is 0.923. The van der Waals surface area contributed by atoms with Crippen molar-refractivity contribution in [3.05, 3.63) is 0 Å². The van der Waals surface area contributed by atoms with E-state index in [0.717, 1.165) is 12.8 Å². The molecule has 0 amide bonds. The third-order valence-corrected chi connectivity index (χ3v) is 2.52. The SMILES string of the molecule is CCCCCCCC(=O)CCOCCOC. The largest absolute Gasteiger partial charge is 0.382 e. The maximum Gasteiger partial charge on any atom is 0.135 e. The lowest BCUT2D eigenvalue weighted by atomic mass is 10.1. The smallest absolute Gasteiger partial charge is 0.135 e. The predicted octanol–water partition coefficient (Wildman–Crippen LogP) is 2.97. The minimum Gasteiger partial charge on any atom is -0.382 e. The Labute approximate surface area is 99.5 Å². The summed E-state index contributed by atoms with van der Waals surface area (Å²) in [6, 6.07) is 0. The minimum absolute atomic E-state index is 0.328. The minimum atomic E-state index is 0.328. The van der Waals surface area contributed by atoms with Crippen LogP contribution in [-0.2, 0) is 14.3 Å². The van der Waals surface area contributed by atoms with Gasteiger partial charge in [-0.15, -0.1) is 0 Å². The van der Waals surface area contributed by atoms with Crippen LogP contribution in [0.3, 0.4) is 0 Å². The molecule has 16 heavy (non-hydrogen) atoms. The van der Waals surface area contributed by atoms with Crippen LogP contribution in [0, 0.1) is 0 Å². The van der Waals surface area contributed by atoms with E-state index in [2.05, 4.69) is 6.92 Å². The Bertz CT molecular complexity index is 141. The Balaban J connectivity index is 3.12. The van der Waals surface area contributed by atoms with Gasteiger partial charge in [-0.05, 0) is 6.42 Å². The fourth-order valence-electron chi connectivity index (χ4n) is 1.48. The number of unbranched alkanes of at least 4 members (excludes halogenated alkanes) is 4. The number of hydrogen-bond acceptors (Lipinski definition) is 3. The molecule has 96 valence electrons. The quantitative estimate of drug-likeness (QED) is 0.483. The van der Waals surface area contributed by atoms with Crippen LogP contribution in [0.5, 0.6) is 0 Å². The normalized spacial score (nSPS) is 10.6. The summed E-state index contributed by atoms with van der Waals surface area (Å²) in [4.78, 5) is 11.4. The molecular weight excluding hydrogens is 204 g/mol. The summed E-state index contributed by atoms with van der Waals surface area (Å²) in [5.41, 5.74) is 0. The fourth-order valence-corrected chi connectivity index (χ4v) is 1.48. The first-order valence-corrected chi connectivity index (χ1v) is 6.39. The van der Waals surface area contributed by atoms with Gasteiger partial charge in [0.15, 0.2) is 0 Å². The highest BCUT2D eigenvalue weighted by Crippen LogP contribution is 2.06. The molecule has 0 radical (unpaired) electrons. The summed E-state index contributed by atoms with van der Waals surface area (Å²) in [5.74, 6) is 0.328. The van der Waals surface area contributed by atoms with Gasteiger partial charge in [0.1, 0.15) is 5.78 Å². The maximum atomic E-state index is 11.4. The second-order valence-electron chi connectivity index (χ2n) is 4.06. The lowest BCUT2D eigenvalue weighted by molar-refractivity contribution is -0.120. The van der Waals surface area contributed by atoms with E-state index < -0.39 is 0 Å². The van der Waals surface area contributed by atoms with E-state index in [-0.39, 0.29) is 0 Å². The molecule has 0 saturated carbocycles. The number of Topliss-reactive ketones (excluding diaryl/α,β-unsaturated/α-hetero) is 1. The lowest BCUT2D eigenvalue weighted by Gasteiger charge is -2.03. The number of methoxy groups -OCH3 is 1. The van der Waals surface area contributed by atoms with Crippen LogP contribution in [0.15, 0.2) is 0 Å². The molecule has 0 unspecified atom stereocenters. The van der Waals surface area contributed by atoms with Crippen molar-refractivity contribution in [1.29, 1.82) is 0 Å². The van der Waals surface area contributed by atoms with E-state index >= 15 is 0 Å². The van der Waals surface area contributed by atoms with Crippen LogP contribution in [0.4, 0.5) is 0 Å². The van der Waals surface area contributed by atoms with Crippen molar-refractivity contribution in [3.63, 3.8) is 0 Å². The van der Waals surface area contributed by atoms with Gasteiger partial charge in [0.2, 0.25) is 0 Å².